The molecule has 3 atom stereocenters. The van der Waals surface area contributed by atoms with Crippen LogP contribution in [0.4, 0.5) is 9.59 Å². The minimum atomic E-state index is -1.25. The van der Waals surface area contributed by atoms with Gasteiger partial charge in [-0.25, -0.2) is 42.6 Å². The third kappa shape index (κ3) is 31.0. The third-order valence-corrected chi connectivity index (χ3v) is 11.9. The van der Waals surface area contributed by atoms with Crippen molar-refractivity contribution in [2.24, 2.45) is 5.41 Å². The number of hydrogen-bond donors (Lipinski definition) is 7. The molecule has 0 bridgehead atoms. The van der Waals surface area contributed by atoms with Gasteiger partial charge in [0.2, 0.25) is 0 Å². The zero-order chi connectivity index (χ0) is 63.2. The Morgan fingerprint density at radius 2 is 0.675 bits per heavy atom. The smallest absolute Gasteiger partial charge is 0.336 e. The molecule has 2 rings (SSSR count). The first kappa shape index (κ1) is 77.9. The second kappa shape index (κ2) is 43.5. The van der Waals surface area contributed by atoms with Gasteiger partial charge >= 0.3 is 70.9 Å². The molecule has 0 aromatic carbocycles. The Hall–Kier alpha value is -5.15. The maximum absolute atomic E-state index is 13.0. The fourth-order valence-electron chi connectivity index (χ4n) is 6.41. The van der Waals surface area contributed by atoms with E-state index in [2.05, 4.69) is 115 Å². The molecule has 83 heavy (non-hydrogen) atoms. The molecule has 0 aliphatic carbocycles. The molecule has 1 aromatic rings. The van der Waals surface area contributed by atoms with Gasteiger partial charge in [-0.1, -0.05) is 45.6 Å². The van der Waals surface area contributed by atoms with Gasteiger partial charge in [0, 0.05) is 38.8 Å². The summed E-state index contributed by atoms with van der Waals surface area (Å²) in [6.07, 6.45) is 4.80. The van der Waals surface area contributed by atoms with Crippen molar-refractivity contribution in [2.75, 3.05) is 88.9 Å². The number of nitrogens with zero attached hydrogens (tertiary/aromatic N) is 6. The van der Waals surface area contributed by atoms with E-state index in [0.717, 1.165) is 18.6 Å². The number of rotatable bonds is 37. The minimum Gasteiger partial charge on any atom is -0.465 e. The standard InChI is InChI=1S/C22H35N3O8S3.C17H28O8S4.C12H15N3O3/c1-14(34)11-18(26)31-8-5-23-17(4)24(6-9-32-19(27)12-15(2)35)22(30)25(21(23)29)7-10-33-20(28)13-16(3)36;18-13(1-5-26)22-9-17(10-23-14(19)2-6-27,11-24-15(20)3-7-28)12-25-16(21)4-8-29;1-4-7-13-10(16)14(8-5-2)12(18)15(9-6-3)11(13)17/h14-16,34-36H,4-13H2,1-3H3;26-29H,1-12H2;4-6H,1-3,7-9H2. The number of allylic oxidation sites excluding steroid dienone is 3. The number of ether oxygens (including phenoxy) is 7. The number of imide groups is 1. The SMILES string of the molecule is C=C1N(CCOC(=O)CC(C)S)C(=O)N(CCOC(=O)CC(C)S)C(=O)N1CCOC(=O)CC(C)S.C=CCn1c(=O)n(CC=C)c(=O)n(CC=C)c1=O.O=C(CCS)OCC(COC(=O)CCS)(COC(=O)CCS)COC(=O)CCS. The van der Waals surface area contributed by atoms with Gasteiger partial charge in [-0.15, -0.1) is 19.7 Å². The molecule has 0 N–H and O–H groups in total. The largest absolute Gasteiger partial charge is 0.465 e. The molecule has 0 spiro atoms. The molecule has 4 amide bonds. The van der Waals surface area contributed by atoms with Gasteiger partial charge in [0.15, 0.2) is 0 Å². The quantitative estimate of drug-likeness (QED) is 0.0217. The van der Waals surface area contributed by atoms with Gasteiger partial charge in [0.25, 0.3) is 0 Å². The van der Waals surface area contributed by atoms with Crippen LogP contribution in [-0.2, 0) is 86.4 Å². The van der Waals surface area contributed by atoms with E-state index in [9.17, 15) is 57.5 Å². The van der Waals surface area contributed by atoms with E-state index in [1.165, 1.54) is 28.0 Å². The Bertz CT molecular complexity index is 2200. The topological polar surface area (TPSA) is 294 Å². The van der Waals surface area contributed by atoms with E-state index >= 15 is 0 Å². The molecule has 3 unspecified atom stereocenters. The average molecular weight is 1300 g/mol. The number of urea groups is 2. The summed E-state index contributed by atoms with van der Waals surface area (Å²) in [6.45, 7) is 17.7. The van der Waals surface area contributed by atoms with Crippen molar-refractivity contribution < 1.29 is 76.3 Å². The maximum atomic E-state index is 13.0. The Morgan fingerprint density at radius 1 is 0.434 bits per heavy atom. The summed E-state index contributed by atoms with van der Waals surface area (Å²) >= 11 is 28.3. The fraction of sp³-hybridized carbons (Fsp3) is 0.608. The number of esters is 7. The highest BCUT2D eigenvalue weighted by atomic mass is 32.1. The second-order valence-electron chi connectivity index (χ2n) is 17.8. The van der Waals surface area contributed by atoms with Gasteiger partial charge in [-0.3, -0.25) is 43.4 Å². The Balaban J connectivity index is 0.00000128. The van der Waals surface area contributed by atoms with Crippen LogP contribution in [0.15, 0.2) is 64.7 Å². The van der Waals surface area contributed by atoms with Crippen LogP contribution >= 0.6 is 88.4 Å². The molecular formula is C51H78N6O19S7. The molecule has 468 valence electrons. The lowest BCUT2D eigenvalue weighted by Crippen LogP contribution is -2.60. The third-order valence-electron chi connectivity index (χ3n) is 10.4. The van der Waals surface area contributed by atoms with Crippen LogP contribution in [0.2, 0.25) is 0 Å². The highest BCUT2D eigenvalue weighted by Crippen LogP contribution is 2.24. The van der Waals surface area contributed by atoms with Crippen molar-refractivity contribution in [2.45, 2.75) is 101 Å². The van der Waals surface area contributed by atoms with Crippen LogP contribution in [0.1, 0.15) is 65.7 Å². The van der Waals surface area contributed by atoms with Crippen molar-refractivity contribution in [3.63, 3.8) is 0 Å². The molecule has 1 aliphatic rings. The Kier molecular flexibility index (Phi) is 40.8. The molecule has 1 saturated heterocycles. The zero-order valence-corrected chi connectivity index (χ0v) is 53.1. The average Bonchev–Trinajstić information content (AvgIpc) is 3.61. The summed E-state index contributed by atoms with van der Waals surface area (Å²) in [4.78, 5) is 148. The van der Waals surface area contributed by atoms with Crippen molar-refractivity contribution >= 4 is 142 Å². The lowest BCUT2D eigenvalue weighted by atomic mass is 9.92. The predicted octanol–water partition coefficient (Wildman–Crippen LogP) is 3.53. The molecule has 25 nitrogen and oxygen atoms in total. The number of amides is 4. The first-order valence-corrected chi connectivity index (χ1v) is 29.7. The van der Waals surface area contributed by atoms with Gasteiger partial charge in [0.1, 0.15) is 57.5 Å². The van der Waals surface area contributed by atoms with E-state index in [1.807, 2.05) is 0 Å². The number of hydrogen-bond acceptors (Lipinski definition) is 26. The van der Waals surface area contributed by atoms with Gasteiger partial charge in [-0.05, 0) is 0 Å². The van der Waals surface area contributed by atoms with Crippen molar-refractivity contribution in [1.82, 2.24) is 28.4 Å². The highest BCUT2D eigenvalue weighted by molar-refractivity contribution is 7.81. The highest BCUT2D eigenvalue weighted by Gasteiger charge is 2.41. The van der Waals surface area contributed by atoms with Crippen molar-refractivity contribution in [3.05, 3.63) is 81.8 Å². The Morgan fingerprint density at radius 3 is 0.892 bits per heavy atom. The van der Waals surface area contributed by atoms with E-state index in [4.69, 9.17) is 33.2 Å². The molecule has 1 aliphatic heterocycles. The molecule has 32 heteroatoms. The number of carbonyl (C=O) groups is 9. The van der Waals surface area contributed by atoms with Crippen LogP contribution in [-0.4, -0.2) is 187 Å². The van der Waals surface area contributed by atoms with Crippen LogP contribution in [0.5, 0.6) is 0 Å². The summed E-state index contributed by atoms with van der Waals surface area (Å²) in [5.74, 6) is -2.41. The molecule has 2 heterocycles. The van der Waals surface area contributed by atoms with Crippen LogP contribution < -0.4 is 17.1 Å². The van der Waals surface area contributed by atoms with Crippen LogP contribution in [0, 0.1) is 5.41 Å². The van der Waals surface area contributed by atoms with Crippen LogP contribution in [0.3, 0.4) is 0 Å². The zero-order valence-electron chi connectivity index (χ0n) is 46.8. The first-order chi connectivity index (χ1) is 39.2. The van der Waals surface area contributed by atoms with Crippen molar-refractivity contribution in [3.8, 4) is 0 Å². The lowest BCUT2D eigenvalue weighted by Gasteiger charge is -2.42. The predicted molar refractivity (Wildman–Crippen MR) is 332 cm³/mol. The molecule has 1 aromatic heterocycles. The number of carbonyl (C=O) groups excluding carboxylic acids is 9. The minimum absolute atomic E-state index is 0.0411. The molecular weight excluding hydrogens is 1230 g/mol. The summed E-state index contributed by atoms with van der Waals surface area (Å²) in [7, 11) is 0. The van der Waals surface area contributed by atoms with Gasteiger partial charge in [0.05, 0.1) is 84.2 Å². The van der Waals surface area contributed by atoms with Gasteiger partial charge in [-0.2, -0.15) is 88.4 Å². The second-order valence-corrected chi connectivity index (χ2v) is 22.3. The van der Waals surface area contributed by atoms with E-state index in [1.54, 1.807) is 20.8 Å². The summed E-state index contributed by atoms with van der Waals surface area (Å²) in [6, 6.07) is -1.42. The lowest BCUT2D eigenvalue weighted by molar-refractivity contribution is -0.170. The molecule has 0 saturated carbocycles. The van der Waals surface area contributed by atoms with E-state index < -0.39 is 76.3 Å². The van der Waals surface area contributed by atoms with Crippen LogP contribution in [0.25, 0.3) is 0 Å². The summed E-state index contributed by atoms with van der Waals surface area (Å²) in [5.41, 5.74) is -3.24. The summed E-state index contributed by atoms with van der Waals surface area (Å²) < 4.78 is 39.1. The van der Waals surface area contributed by atoms with Crippen molar-refractivity contribution in [1.29, 1.82) is 0 Å². The van der Waals surface area contributed by atoms with E-state index in [-0.39, 0.29) is 175 Å². The Labute approximate surface area is 521 Å². The fourth-order valence-corrected chi connectivity index (χ4v) is 7.59. The summed E-state index contributed by atoms with van der Waals surface area (Å²) in [5, 5.41) is -0.574. The maximum Gasteiger partial charge on any atom is 0.336 e. The molecule has 1 fully saturated rings. The normalized spacial score (nSPS) is 13.1. The number of thiol groups is 7. The van der Waals surface area contributed by atoms with E-state index in [0.29, 0.717) is 0 Å². The molecule has 0 radical (unpaired) electrons. The van der Waals surface area contributed by atoms with Gasteiger partial charge < -0.3 is 33.2 Å². The first-order valence-electron chi connectivity index (χ1n) is 25.7. The monoisotopic (exact) mass is 1300 g/mol. The number of aromatic nitrogens is 3.